The van der Waals surface area contributed by atoms with E-state index < -0.39 is 0 Å². The number of aromatic nitrogens is 1. The Morgan fingerprint density at radius 3 is 2.69 bits per heavy atom. The van der Waals surface area contributed by atoms with Crippen molar-refractivity contribution >= 4 is 28.4 Å². The molecule has 1 aliphatic heterocycles. The second kappa shape index (κ2) is 8.14. The Bertz CT molecular complexity index is 1130. The zero-order valence-electron chi connectivity index (χ0n) is 16.3. The van der Waals surface area contributed by atoms with Gasteiger partial charge >= 0.3 is 0 Å². The lowest BCUT2D eigenvalue weighted by molar-refractivity contribution is 0.102. The maximum absolute atomic E-state index is 12.7. The fourth-order valence-corrected chi connectivity index (χ4v) is 4.02. The predicted octanol–water partition coefficient (Wildman–Crippen LogP) is 4.98. The molecule has 146 valence electrons. The molecule has 0 N–H and O–H groups in total. The lowest BCUT2D eigenvalue weighted by Gasteiger charge is -2.18. The number of rotatable bonds is 5. The highest BCUT2D eigenvalue weighted by molar-refractivity contribution is 8.00. The van der Waals surface area contributed by atoms with Gasteiger partial charge in [0.2, 0.25) is 0 Å². The Morgan fingerprint density at radius 2 is 1.93 bits per heavy atom. The number of thioether (sulfide) groups is 1. The van der Waals surface area contributed by atoms with Crippen LogP contribution in [0.5, 0.6) is 11.5 Å². The highest BCUT2D eigenvalue weighted by atomic mass is 32.2. The zero-order chi connectivity index (χ0) is 20.4. The molecule has 0 saturated heterocycles. The number of nitriles is 1. The van der Waals surface area contributed by atoms with Crippen LogP contribution in [0.15, 0.2) is 47.5 Å². The van der Waals surface area contributed by atoms with Crippen LogP contribution in [-0.4, -0.2) is 29.7 Å². The molecule has 1 aromatic heterocycles. The van der Waals surface area contributed by atoms with Crippen molar-refractivity contribution in [3.63, 3.8) is 0 Å². The van der Waals surface area contributed by atoms with Gasteiger partial charge in [-0.3, -0.25) is 4.79 Å². The van der Waals surface area contributed by atoms with Gasteiger partial charge in [-0.25, -0.2) is 4.98 Å². The number of nitrogens with zero attached hydrogens (tertiary/aromatic N) is 2. The standard InChI is InChI=1S/C23H20N2O3S/c1-14(2)15-3-5-19-17(9-15)10-18(12-24)23(25-19)29-13-20(26)16-4-6-21-22(11-16)28-8-7-27-21/h3-6,9-11,14H,7-8,13H2,1-2H3. The predicted molar refractivity (Wildman–Crippen MR) is 113 cm³/mol. The third-order valence-electron chi connectivity index (χ3n) is 4.80. The van der Waals surface area contributed by atoms with Crippen molar-refractivity contribution < 1.29 is 14.3 Å². The molecule has 0 aliphatic carbocycles. The minimum atomic E-state index is -0.0482. The molecule has 0 spiro atoms. The van der Waals surface area contributed by atoms with E-state index >= 15 is 0 Å². The number of carbonyl (C=O) groups is 1. The summed E-state index contributed by atoms with van der Waals surface area (Å²) in [5.41, 5.74) is 3.07. The molecule has 0 fully saturated rings. The van der Waals surface area contributed by atoms with Gasteiger partial charge < -0.3 is 9.47 Å². The molecular formula is C23H20N2O3S. The van der Waals surface area contributed by atoms with Crippen molar-refractivity contribution in [2.24, 2.45) is 0 Å². The van der Waals surface area contributed by atoms with Crippen LogP contribution in [-0.2, 0) is 0 Å². The molecule has 4 rings (SSSR count). The van der Waals surface area contributed by atoms with Crippen molar-refractivity contribution in [2.75, 3.05) is 19.0 Å². The summed E-state index contributed by atoms with van der Waals surface area (Å²) in [4.78, 5) is 17.3. The van der Waals surface area contributed by atoms with Gasteiger partial charge in [0.25, 0.3) is 0 Å². The van der Waals surface area contributed by atoms with Crippen LogP contribution in [0.4, 0.5) is 0 Å². The van der Waals surface area contributed by atoms with Crippen LogP contribution < -0.4 is 9.47 Å². The summed E-state index contributed by atoms with van der Waals surface area (Å²) < 4.78 is 11.0. The first-order chi connectivity index (χ1) is 14.0. The molecule has 2 aromatic carbocycles. The maximum Gasteiger partial charge on any atom is 0.173 e. The molecular weight excluding hydrogens is 384 g/mol. The summed E-state index contributed by atoms with van der Waals surface area (Å²) in [5, 5.41) is 11.1. The van der Waals surface area contributed by atoms with Crippen LogP contribution in [0, 0.1) is 11.3 Å². The number of benzene rings is 2. The van der Waals surface area contributed by atoms with E-state index in [1.807, 2.05) is 12.1 Å². The second-order valence-corrected chi connectivity index (χ2v) is 8.09. The van der Waals surface area contributed by atoms with E-state index in [9.17, 15) is 10.1 Å². The molecule has 0 radical (unpaired) electrons. The number of ketones is 1. The molecule has 0 atom stereocenters. The van der Waals surface area contributed by atoms with Gasteiger partial charge in [0.05, 0.1) is 16.8 Å². The quantitative estimate of drug-likeness (QED) is 0.441. The van der Waals surface area contributed by atoms with Crippen molar-refractivity contribution in [1.82, 2.24) is 4.98 Å². The van der Waals surface area contributed by atoms with Gasteiger partial charge in [0.15, 0.2) is 17.3 Å². The number of ether oxygens (including phenoxy) is 2. The Labute approximate surface area is 173 Å². The lowest BCUT2D eigenvalue weighted by Crippen LogP contribution is -2.16. The molecule has 6 heteroatoms. The van der Waals surface area contributed by atoms with E-state index in [1.54, 1.807) is 18.2 Å². The third kappa shape index (κ3) is 4.06. The summed E-state index contributed by atoms with van der Waals surface area (Å²) in [6, 6.07) is 15.4. The van der Waals surface area contributed by atoms with E-state index in [0.29, 0.717) is 46.8 Å². The molecule has 5 nitrogen and oxygen atoms in total. The Morgan fingerprint density at radius 1 is 1.14 bits per heavy atom. The number of fused-ring (bicyclic) bond motifs is 2. The SMILES string of the molecule is CC(C)c1ccc2nc(SCC(=O)c3ccc4c(c3)OCCO4)c(C#N)cc2c1. The summed E-state index contributed by atoms with van der Waals surface area (Å²) in [6.45, 7) is 5.25. The average Bonchev–Trinajstić information content (AvgIpc) is 2.75. The monoisotopic (exact) mass is 404 g/mol. The topological polar surface area (TPSA) is 72.2 Å². The number of hydrogen-bond acceptors (Lipinski definition) is 6. The first-order valence-corrected chi connectivity index (χ1v) is 10.4. The van der Waals surface area contributed by atoms with Crippen LogP contribution in [0.25, 0.3) is 10.9 Å². The highest BCUT2D eigenvalue weighted by Gasteiger charge is 2.16. The number of carbonyl (C=O) groups excluding carboxylic acids is 1. The van der Waals surface area contributed by atoms with Gasteiger partial charge in [-0.1, -0.05) is 31.7 Å². The molecule has 2 heterocycles. The van der Waals surface area contributed by atoms with E-state index in [4.69, 9.17) is 9.47 Å². The van der Waals surface area contributed by atoms with E-state index in [2.05, 4.69) is 37.0 Å². The van der Waals surface area contributed by atoms with Crippen LogP contribution in [0.3, 0.4) is 0 Å². The number of Topliss-reactive ketones (excluding diaryl/α,β-unsaturated/α-hetero) is 1. The summed E-state index contributed by atoms with van der Waals surface area (Å²) in [7, 11) is 0. The second-order valence-electron chi connectivity index (χ2n) is 7.13. The molecule has 0 saturated carbocycles. The van der Waals surface area contributed by atoms with Gasteiger partial charge in [0.1, 0.15) is 24.3 Å². The Balaban J connectivity index is 1.55. The third-order valence-corrected chi connectivity index (χ3v) is 5.79. The first-order valence-electron chi connectivity index (χ1n) is 9.45. The fraction of sp³-hybridized carbons (Fsp3) is 0.261. The van der Waals surface area contributed by atoms with Crippen LogP contribution in [0.2, 0.25) is 0 Å². The van der Waals surface area contributed by atoms with Crippen molar-refractivity contribution in [2.45, 2.75) is 24.8 Å². The largest absolute Gasteiger partial charge is 0.486 e. The minimum absolute atomic E-state index is 0.0482. The van der Waals surface area contributed by atoms with Gasteiger partial charge in [-0.15, -0.1) is 0 Å². The smallest absolute Gasteiger partial charge is 0.173 e. The number of pyridine rings is 1. The summed E-state index contributed by atoms with van der Waals surface area (Å²) in [5.74, 6) is 1.80. The summed E-state index contributed by atoms with van der Waals surface area (Å²) in [6.07, 6.45) is 0. The normalized spacial score (nSPS) is 12.8. The maximum atomic E-state index is 12.7. The lowest BCUT2D eigenvalue weighted by atomic mass is 10.0. The first kappa shape index (κ1) is 19.3. The Hall–Kier alpha value is -3.04. The molecule has 0 unspecified atom stereocenters. The fourth-order valence-electron chi connectivity index (χ4n) is 3.16. The van der Waals surface area contributed by atoms with Crippen molar-refractivity contribution in [1.29, 1.82) is 5.26 Å². The van der Waals surface area contributed by atoms with Crippen LogP contribution >= 0.6 is 11.8 Å². The number of hydrogen-bond donors (Lipinski definition) is 0. The molecule has 0 bridgehead atoms. The van der Waals surface area contributed by atoms with E-state index in [-0.39, 0.29) is 11.5 Å². The van der Waals surface area contributed by atoms with Gasteiger partial charge in [-0.2, -0.15) is 5.26 Å². The van der Waals surface area contributed by atoms with Crippen molar-refractivity contribution in [3.05, 3.63) is 59.2 Å². The van der Waals surface area contributed by atoms with Gasteiger partial charge in [-0.05, 0) is 47.9 Å². The van der Waals surface area contributed by atoms with Gasteiger partial charge in [0, 0.05) is 10.9 Å². The minimum Gasteiger partial charge on any atom is -0.486 e. The van der Waals surface area contributed by atoms with E-state index in [0.717, 1.165) is 10.9 Å². The Kier molecular flexibility index (Phi) is 5.41. The van der Waals surface area contributed by atoms with E-state index in [1.165, 1.54) is 17.3 Å². The molecule has 0 amide bonds. The molecule has 3 aromatic rings. The average molecular weight is 404 g/mol. The van der Waals surface area contributed by atoms with Crippen molar-refractivity contribution in [3.8, 4) is 17.6 Å². The summed E-state index contributed by atoms with van der Waals surface area (Å²) >= 11 is 1.28. The molecule has 1 aliphatic rings. The highest BCUT2D eigenvalue weighted by Crippen LogP contribution is 2.32. The zero-order valence-corrected chi connectivity index (χ0v) is 17.1. The molecule has 29 heavy (non-hydrogen) atoms. The van der Waals surface area contributed by atoms with Crippen LogP contribution in [0.1, 0.15) is 41.3 Å².